The molecule has 0 saturated carbocycles. The van der Waals surface area contributed by atoms with Crippen molar-refractivity contribution in [2.45, 2.75) is 13.5 Å². The number of carbonyl (C=O) groups is 2. The molecule has 0 unspecified atom stereocenters. The van der Waals surface area contributed by atoms with Gasteiger partial charge in [-0.1, -0.05) is 12.1 Å². The van der Waals surface area contributed by atoms with E-state index in [9.17, 15) is 9.59 Å². The summed E-state index contributed by atoms with van der Waals surface area (Å²) in [6, 6.07) is 11.1. The van der Waals surface area contributed by atoms with Gasteiger partial charge in [-0.2, -0.15) is 0 Å². The molecule has 23 heavy (non-hydrogen) atoms. The van der Waals surface area contributed by atoms with Gasteiger partial charge in [0.05, 0.1) is 6.54 Å². The highest BCUT2D eigenvalue weighted by molar-refractivity contribution is 5.94. The Kier molecular flexibility index (Phi) is 5.36. The van der Waals surface area contributed by atoms with Crippen LogP contribution in [0.15, 0.2) is 42.5 Å². The van der Waals surface area contributed by atoms with E-state index in [1.54, 1.807) is 37.4 Å². The van der Waals surface area contributed by atoms with Gasteiger partial charge >= 0.3 is 0 Å². The molecule has 1 heterocycles. The first kappa shape index (κ1) is 16.5. The molecule has 120 valence electrons. The molecule has 0 aliphatic rings. The van der Waals surface area contributed by atoms with Crippen LogP contribution in [0.1, 0.15) is 27.3 Å². The highest BCUT2D eigenvalue weighted by Crippen LogP contribution is 2.07. The fourth-order valence-electron chi connectivity index (χ4n) is 2.14. The van der Waals surface area contributed by atoms with Crippen molar-refractivity contribution in [1.82, 2.24) is 15.2 Å². The maximum Gasteiger partial charge on any atom is 0.251 e. The second-order valence-corrected chi connectivity index (χ2v) is 5.28. The first-order valence-electron chi connectivity index (χ1n) is 7.40. The van der Waals surface area contributed by atoms with E-state index in [0.29, 0.717) is 12.1 Å². The number of aromatic nitrogens is 1. The summed E-state index contributed by atoms with van der Waals surface area (Å²) in [6.07, 6.45) is 3.21. The van der Waals surface area contributed by atoms with E-state index in [-0.39, 0.29) is 11.8 Å². The Bertz CT molecular complexity index is 727. The number of amides is 2. The second kappa shape index (κ2) is 7.45. The van der Waals surface area contributed by atoms with Crippen LogP contribution in [0.3, 0.4) is 0 Å². The van der Waals surface area contributed by atoms with E-state index in [2.05, 4.69) is 10.6 Å². The van der Waals surface area contributed by atoms with Crippen LogP contribution >= 0.6 is 0 Å². The SMILES string of the molecule is CNC(=O)c1ccc(C=CC(=O)NCc2ccc(C)n2C)cc1. The maximum atomic E-state index is 11.9. The Labute approximate surface area is 136 Å². The lowest BCUT2D eigenvalue weighted by Crippen LogP contribution is -2.21. The van der Waals surface area contributed by atoms with Gasteiger partial charge in [0, 0.05) is 37.1 Å². The predicted molar refractivity (Wildman–Crippen MR) is 90.9 cm³/mol. The molecule has 2 N–H and O–H groups in total. The Hall–Kier alpha value is -2.82. The Morgan fingerprint density at radius 3 is 2.39 bits per heavy atom. The number of hydrogen-bond acceptors (Lipinski definition) is 2. The minimum atomic E-state index is -0.153. The van der Waals surface area contributed by atoms with Crippen molar-refractivity contribution in [2.75, 3.05) is 7.05 Å². The molecular weight excluding hydrogens is 290 g/mol. The molecule has 2 aromatic rings. The first-order chi connectivity index (χ1) is 11.0. The van der Waals surface area contributed by atoms with Crippen molar-refractivity contribution in [1.29, 1.82) is 0 Å². The zero-order chi connectivity index (χ0) is 16.8. The molecule has 0 aliphatic heterocycles. The van der Waals surface area contributed by atoms with Gasteiger partial charge < -0.3 is 15.2 Å². The number of benzene rings is 1. The van der Waals surface area contributed by atoms with E-state index >= 15 is 0 Å². The lowest BCUT2D eigenvalue weighted by Gasteiger charge is -2.05. The van der Waals surface area contributed by atoms with Crippen LogP contribution in [0.2, 0.25) is 0 Å². The first-order valence-corrected chi connectivity index (χ1v) is 7.40. The van der Waals surface area contributed by atoms with Gasteiger partial charge in [-0.25, -0.2) is 0 Å². The standard InChI is InChI=1S/C18H21N3O2/c1-13-4-10-16(21(13)3)12-20-17(22)11-7-14-5-8-15(9-6-14)18(23)19-2/h4-11H,12H2,1-3H3,(H,19,23)(H,20,22). The van der Waals surface area contributed by atoms with Crippen LogP contribution in [0.4, 0.5) is 0 Å². The fourth-order valence-corrected chi connectivity index (χ4v) is 2.14. The average Bonchev–Trinajstić information content (AvgIpc) is 2.89. The van der Waals surface area contributed by atoms with Crippen molar-refractivity contribution in [2.24, 2.45) is 7.05 Å². The van der Waals surface area contributed by atoms with E-state index < -0.39 is 0 Å². The number of rotatable bonds is 5. The quantitative estimate of drug-likeness (QED) is 0.830. The molecule has 2 amide bonds. The normalized spacial score (nSPS) is 10.7. The van der Waals surface area contributed by atoms with Gasteiger partial charge in [-0.05, 0) is 42.8 Å². The summed E-state index contributed by atoms with van der Waals surface area (Å²) >= 11 is 0. The zero-order valence-electron chi connectivity index (χ0n) is 13.6. The lowest BCUT2D eigenvalue weighted by molar-refractivity contribution is -0.116. The molecule has 0 saturated heterocycles. The fraction of sp³-hybridized carbons (Fsp3) is 0.222. The molecule has 0 aliphatic carbocycles. The number of aryl methyl sites for hydroxylation is 1. The Morgan fingerprint density at radius 2 is 1.83 bits per heavy atom. The number of carbonyl (C=O) groups excluding carboxylic acids is 2. The summed E-state index contributed by atoms with van der Waals surface area (Å²) in [5.41, 5.74) is 3.66. The third kappa shape index (κ3) is 4.32. The summed E-state index contributed by atoms with van der Waals surface area (Å²) in [5.74, 6) is -0.282. The van der Waals surface area contributed by atoms with Crippen molar-refractivity contribution >= 4 is 17.9 Å². The molecule has 2 rings (SSSR count). The van der Waals surface area contributed by atoms with Crippen molar-refractivity contribution < 1.29 is 9.59 Å². The number of hydrogen-bond donors (Lipinski definition) is 2. The van der Waals surface area contributed by atoms with Gasteiger partial charge in [0.2, 0.25) is 5.91 Å². The van der Waals surface area contributed by atoms with Crippen LogP contribution in [0.5, 0.6) is 0 Å². The van der Waals surface area contributed by atoms with Gasteiger partial charge in [0.25, 0.3) is 5.91 Å². The van der Waals surface area contributed by atoms with E-state index in [4.69, 9.17) is 0 Å². The molecule has 1 aromatic heterocycles. The highest BCUT2D eigenvalue weighted by atomic mass is 16.2. The second-order valence-electron chi connectivity index (χ2n) is 5.28. The molecule has 0 atom stereocenters. The topological polar surface area (TPSA) is 63.1 Å². The van der Waals surface area contributed by atoms with Crippen LogP contribution < -0.4 is 10.6 Å². The summed E-state index contributed by atoms with van der Waals surface area (Å²) in [7, 11) is 3.56. The van der Waals surface area contributed by atoms with Crippen LogP contribution in [0, 0.1) is 6.92 Å². The summed E-state index contributed by atoms with van der Waals surface area (Å²) in [5, 5.41) is 5.42. The molecule has 5 nitrogen and oxygen atoms in total. The highest BCUT2D eigenvalue weighted by Gasteiger charge is 2.03. The monoisotopic (exact) mass is 311 g/mol. The van der Waals surface area contributed by atoms with Crippen molar-refractivity contribution in [3.63, 3.8) is 0 Å². The van der Waals surface area contributed by atoms with Crippen molar-refractivity contribution in [3.8, 4) is 0 Å². The third-order valence-corrected chi connectivity index (χ3v) is 3.75. The number of nitrogens with zero attached hydrogens (tertiary/aromatic N) is 1. The number of nitrogens with one attached hydrogen (secondary N) is 2. The summed E-state index contributed by atoms with van der Waals surface area (Å²) < 4.78 is 2.04. The summed E-state index contributed by atoms with van der Waals surface area (Å²) in [4.78, 5) is 23.3. The molecule has 0 bridgehead atoms. The molecular formula is C18H21N3O2. The smallest absolute Gasteiger partial charge is 0.251 e. The van der Waals surface area contributed by atoms with Gasteiger partial charge in [-0.3, -0.25) is 9.59 Å². The summed E-state index contributed by atoms with van der Waals surface area (Å²) in [6.45, 7) is 2.51. The average molecular weight is 311 g/mol. The van der Waals surface area contributed by atoms with E-state index in [1.165, 1.54) is 6.08 Å². The predicted octanol–water partition coefficient (Wildman–Crippen LogP) is 2.02. The largest absolute Gasteiger partial charge is 0.355 e. The Balaban J connectivity index is 1.90. The maximum absolute atomic E-state index is 11.9. The van der Waals surface area contributed by atoms with Crippen LogP contribution in [0.25, 0.3) is 6.08 Å². The van der Waals surface area contributed by atoms with Crippen LogP contribution in [-0.4, -0.2) is 23.4 Å². The van der Waals surface area contributed by atoms with E-state index in [1.807, 2.05) is 30.7 Å². The third-order valence-electron chi connectivity index (χ3n) is 3.75. The van der Waals surface area contributed by atoms with Crippen LogP contribution in [-0.2, 0) is 18.4 Å². The molecule has 1 aromatic carbocycles. The van der Waals surface area contributed by atoms with Gasteiger partial charge in [0.15, 0.2) is 0 Å². The van der Waals surface area contributed by atoms with Crippen molar-refractivity contribution in [3.05, 3.63) is 65.0 Å². The molecule has 0 fully saturated rings. The lowest BCUT2D eigenvalue weighted by atomic mass is 10.1. The molecule has 0 spiro atoms. The molecule has 0 radical (unpaired) electrons. The molecule has 5 heteroatoms. The minimum absolute atomic E-state index is 0.129. The van der Waals surface area contributed by atoms with Gasteiger partial charge in [-0.15, -0.1) is 0 Å². The zero-order valence-corrected chi connectivity index (χ0v) is 13.6. The van der Waals surface area contributed by atoms with Gasteiger partial charge in [0.1, 0.15) is 0 Å². The minimum Gasteiger partial charge on any atom is -0.355 e. The Morgan fingerprint density at radius 1 is 1.13 bits per heavy atom. The van der Waals surface area contributed by atoms with E-state index in [0.717, 1.165) is 17.0 Å².